The third-order valence-electron chi connectivity index (χ3n) is 8.28. The van der Waals surface area contributed by atoms with Crippen LogP contribution in [0.25, 0.3) is 0 Å². The van der Waals surface area contributed by atoms with Crippen molar-refractivity contribution in [1.29, 1.82) is 0 Å². The van der Waals surface area contributed by atoms with E-state index in [1.54, 1.807) is 31.2 Å². The molecule has 2 N–H and O–H groups in total. The van der Waals surface area contributed by atoms with Crippen LogP contribution in [-0.2, 0) is 24.6 Å². The van der Waals surface area contributed by atoms with Crippen molar-refractivity contribution in [1.82, 2.24) is 9.21 Å². The fourth-order valence-electron chi connectivity index (χ4n) is 5.77. The van der Waals surface area contributed by atoms with Crippen molar-refractivity contribution in [3.8, 4) is 11.5 Å². The summed E-state index contributed by atoms with van der Waals surface area (Å²) >= 11 is 3.34. The number of sulfone groups is 1. The predicted molar refractivity (Wildman–Crippen MR) is 163 cm³/mol. The summed E-state index contributed by atoms with van der Waals surface area (Å²) in [5.74, 6) is 0.553. The van der Waals surface area contributed by atoms with E-state index in [1.807, 2.05) is 0 Å². The van der Waals surface area contributed by atoms with E-state index >= 15 is 0 Å². The normalized spacial score (nSPS) is 21.2. The molecular formula is C29H37BrN2O10S2. The molecule has 12 nitrogen and oxygen atoms in total. The number of sulfonamides is 1. The molecule has 3 fully saturated rings. The molecule has 3 aliphatic rings. The lowest BCUT2D eigenvalue weighted by molar-refractivity contribution is -0.0319. The van der Waals surface area contributed by atoms with Crippen LogP contribution in [-0.4, -0.2) is 105 Å². The Morgan fingerprint density at radius 3 is 2.52 bits per heavy atom. The molecule has 2 aliphatic heterocycles. The summed E-state index contributed by atoms with van der Waals surface area (Å²) in [6, 6.07) is 10.4. The molecule has 2 aromatic rings. The maximum Gasteiger partial charge on any atom is 0.407 e. The number of amides is 1. The van der Waals surface area contributed by atoms with Gasteiger partial charge < -0.3 is 29.3 Å². The highest BCUT2D eigenvalue weighted by Crippen LogP contribution is 2.40. The predicted octanol–water partition coefficient (Wildman–Crippen LogP) is 3.52. The van der Waals surface area contributed by atoms with Gasteiger partial charge >= 0.3 is 6.09 Å². The van der Waals surface area contributed by atoms with Crippen LogP contribution < -0.4 is 9.47 Å². The number of aliphatic hydroxyl groups excluding tert-OH is 1. The summed E-state index contributed by atoms with van der Waals surface area (Å²) in [6.45, 7) is 2.16. The average molecular weight is 718 g/mol. The monoisotopic (exact) mass is 716 g/mol. The number of carbonyl (C=O) groups is 1. The first-order valence-corrected chi connectivity index (χ1v) is 18.3. The van der Waals surface area contributed by atoms with Gasteiger partial charge in [0.1, 0.15) is 29.1 Å². The van der Waals surface area contributed by atoms with E-state index in [1.165, 1.54) is 22.5 Å². The van der Waals surface area contributed by atoms with E-state index < -0.39 is 43.7 Å². The van der Waals surface area contributed by atoms with Gasteiger partial charge in [0.25, 0.3) is 0 Å². The summed E-state index contributed by atoms with van der Waals surface area (Å²) in [5, 5.41) is 20.2. The number of ether oxygens (including phenoxy) is 3. The van der Waals surface area contributed by atoms with Crippen LogP contribution in [0.3, 0.4) is 0 Å². The van der Waals surface area contributed by atoms with Crippen LogP contribution in [0.5, 0.6) is 11.5 Å². The Bertz CT molecular complexity index is 1570. The molecular weight excluding hydrogens is 680 g/mol. The van der Waals surface area contributed by atoms with Gasteiger partial charge in [-0.15, -0.1) is 0 Å². The van der Waals surface area contributed by atoms with Gasteiger partial charge in [-0.3, -0.25) is 0 Å². The first kappa shape index (κ1) is 32.9. The summed E-state index contributed by atoms with van der Waals surface area (Å²) < 4.78 is 71.4. The number of aliphatic hydroxyl groups is 1. The van der Waals surface area contributed by atoms with Gasteiger partial charge in [0.2, 0.25) is 10.0 Å². The molecule has 44 heavy (non-hydrogen) atoms. The zero-order valence-corrected chi connectivity index (χ0v) is 27.5. The molecule has 1 saturated carbocycles. The summed E-state index contributed by atoms with van der Waals surface area (Å²) in [6.07, 6.45) is 0.0281. The van der Waals surface area contributed by atoms with E-state index in [0.29, 0.717) is 43.2 Å². The van der Waals surface area contributed by atoms with Gasteiger partial charge in [-0.05, 0) is 75.4 Å². The third kappa shape index (κ3) is 7.18. The van der Waals surface area contributed by atoms with Gasteiger partial charge in [0.15, 0.2) is 9.84 Å². The van der Waals surface area contributed by atoms with Gasteiger partial charge in [-0.2, -0.15) is 4.31 Å². The van der Waals surface area contributed by atoms with E-state index in [9.17, 15) is 31.8 Å². The largest absolute Gasteiger partial charge is 0.492 e. The van der Waals surface area contributed by atoms with E-state index in [-0.39, 0.29) is 59.4 Å². The summed E-state index contributed by atoms with van der Waals surface area (Å²) in [5.41, 5.74) is -0.681. The Kier molecular flexibility index (Phi) is 9.83. The number of benzene rings is 2. The molecule has 1 spiro atoms. The molecule has 242 valence electrons. The minimum atomic E-state index is -3.85. The minimum Gasteiger partial charge on any atom is -0.492 e. The quantitative estimate of drug-likeness (QED) is 0.333. The zero-order chi connectivity index (χ0) is 31.7. The molecule has 1 amide bonds. The van der Waals surface area contributed by atoms with E-state index in [4.69, 9.17) is 14.2 Å². The molecule has 2 saturated heterocycles. The standard InChI is InChI=1S/C29H37BrN2O10S2/c1-2-40-26-9-6-20(30)14-27(26)44(38,39)31-12-10-29(11-13-31)16-21(18-42-29)32(28(34)35)17-22(33)19-41-23-4-3-5-25(15-23)43(36,37)24-7-8-24/h3-6,9,14-15,21-22,24,33H,2,7-8,10-13,16-19H2,1H3,(H,34,35). The first-order chi connectivity index (χ1) is 20.8. The van der Waals surface area contributed by atoms with Crippen molar-refractivity contribution in [2.24, 2.45) is 0 Å². The molecule has 2 heterocycles. The maximum absolute atomic E-state index is 13.5. The Labute approximate surface area is 266 Å². The lowest BCUT2D eigenvalue weighted by Crippen LogP contribution is -2.48. The average Bonchev–Trinajstić information content (AvgIpc) is 3.79. The summed E-state index contributed by atoms with van der Waals surface area (Å²) in [4.78, 5) is 13.6. The smallest absolute Gasteiger partial charge is 0.407 e. The molecule has 1 aliphatic carbocycles. The Morgan fingerprint density at radius 1 is 1.14 bits per heavy atom. The number of carboxylic acid groups (broad SMARTS) is 1. The van der Waals surface area contributed by atoms with Gasteiger partial charge in [0, 0.05) is 17.6 Å². The van der Waals surface area contributed by atoms with Crippen LogP contribution >= 0.6 is 15.9 Å². The molecule has 2 aromatic carbocycles. The molecule has 5 rings (SSSR count). The molecule has 2 atom stereocenters. The van der Waals surface area contributed by atoms with Crippen LogP contribution in [0.4, 0.5) is 4.79 Å². The fourth-order valence-corrected chi connectivity index (χ4v) is 9.57. The number of halogens is 1. The highest BCUT2D eigenvalue weighted by atomic mass is 79.9. The van der Waals surface area contributed by atoms with Crippen LogP contribution in [0.1, 0.15) is 39.0 Å². The SMILES string of the molecule is CCOc1ccc(Br)cc1S(=O)(=O)N1CCC2(CC1)CC(N(CC(O)COc1cccc(S(=O)(=O)C3CC3)c1)C(=O)O)CO2. The number of piperidine rings is 1. The molecule has 0 bridgehead atoms. The Morgan fingerprint density at radius 2 is 1.86 bits per heavy atom. The Balaban J connectivity index is 1.17. The first-order valence-electron chi connectivity index (χ1n) is 14.6. The topological polar surface area (TPSA) is 160 Å². The van der Waals surface area contributed by atoms with Crippen LogP contribution in [0, 0.1) is 0 Å². The molecule has 15 heteroatoms. The molecule has 2 unspecified atom stereocenters. The molecule has 0 radical (unpaired) electrons. The van der Waals surface area contributed by atoms with Crippen molar-refractivity contribution < 1.29 is 46.1 Å². The van der Waals surface area contributed by atoms with Crippen LogP contribution in [0.2, 0.25) is 0 Å². The lowest BCUT2D eigenvalue weighted by atomic mass is 9.88. The van der Waals surface area contributed by atoms with Gasteiger partial charge in [-0.25, -0.2) is 21.6 Å². The Hall–Kier alpha value is -2.43. The van der Waals surface area contributed by atoms with E-state index in [0.717, 1.165) is 4.90 Å². The highest BCUT2D eigenvalue weighted by molar-refractivity contribution is 9.10. The highest BCUT2D eigenvalue weighted by Gasteiger charge is 2.47. The second-order valence-electron chi connectivity index (χ2n) is 11.4. The number of nitrogens with zero attached hydrogens (tertiary/aromatic N) is 2. The van der Waals surface area contributed by atoms with Crippen molar-refractivity contribution in [2.45, 2.75) is 71.8 Å². The van der Waals surface area contributed by atoms with Crippen molar-refractivity contribution in [2.75, 3.05) is 39.5 Å². The number of hydrogen-bond donors (Lipinski definition) is 2. The summed E-state index contributed by atoms with van der Waals surface area (Å²) in [7, 11) is -7.25. The van der Waals surface area contributed by atoms with Crippen molar-refractivity contribution in [3.63, 3.8) is 0 Å². The van der Waals surface area contributed by atoms with Gasteiger partial charge in [0.05, 0.1) is 41.5 Å². The van der Waals surface area contributed by atoms with Crippen molar-refractivity contribution >= 4 is 41.9 Å². The second kappa shape index (κ2) is 13.1. The number of hydrogen-bond acceptors (Lipinski definition) is 9. The van der Waals surface area contributed by atoms with Crippen LogP contribution in [0.15, 0.2) is 56.7 Å². The fraction of sp³-hybridized carbons (Fsp3) is 0.552. The number of rotatable bonds is 12. The maximum atomic E-state index is 13.5. The third-order valence-corrected chi connectivity index (χ3v) is 13.0. The second-order valence-corrected chi connectivity index (χ2v) is 16.4. The van der Waals surface area contributed by atoms with Gasteiger partial charge in [-0.1, -0.05) is 22.0 Å². The van der Waals surface area contributed by atoms with Crippen molar-refractivity contribution in [3.05, 3.63) is 46.9 Å². The minimum absolute atomic E-state index is 0.0828. The van der Waals surface area contributed by atoms with E-state index in [2.05, 4.69) is 15.9 Å². The molecule has 0 aromatic heterocycles. The lowest BCUT2D eigenvalue weighted by Gasteiger charge is -2.38. The zero-order valence-electron chi connectivity index (χ0n) is 24.3.